The minimum absolute atomic E-state index is 0.0852. The topological polar surface area (TPSA) is 81.5 Å². The molecule has 0 heterocycles. The predicted octanol–water partition coefficient (Wildman–Crippen LogP) is 5.33. The van der Waals surface area contributed by atoms with Crippen molar-refractivity contribution < 1.29 is 14.5 Å². The van der Waals surface area contributed by atoms with Gasteiger partial charge in [-0.1, -0.05) is 62.4 Å². The van der Waals surface area contributed by atoms with E-state index in [9.17, 15) is 14.9 Å². The van der Waals surface area contributed by atoms with Crippen LogP contribution in [0.1, 0.15) is 31.9 Å². The van der Waals surface area contributed by atoms with Gasteiger partial charge in [-0.25, -0.2) is 0 Å². The Morgan fingerprint density at radius 3 is 2.23 bits per heavy atom. The summed E-state index contributed by atoms with van der Waals surface area (Å²) in [6.45, 7) is 5.95. The highest BCUT2D eigenvalue weighted by atomic mass is 16.6. The number of non-ortho nitro benzene ring substituents is 1. The van der Waals surface area contributed by atoms with Gasteiger partial charge in [0, 0.05) is 23.2 Å². The van der Waals surface area contributed by atoms with E-state index in [0.29, 0.717) is 11.4 Å². The Morgan fingerprint density at radius 1 is 0.967 bits per heavy atom. The molecule has 1 N–H and O–H groups in total. The van der Waals surface area contributed by atoms with E-state index in [1.165, 1.54) is 23.8 Å². The Labute approximate surface area is 175 Å². The summed E-state index contributed by atoms with van der Waals surface area (Å²) in [6, 6.07) is 23.7. The summed E-state index contributed by atoms with van der Waals surface area (Å²) < 4.78 is 5.75. The molecule has 1 amide bonds. The number of nitro groups is 1. The molecule has 3 aromatic rings. The van der Waals surface area contributed by atoms with Crippen LogP contribution in [0.3, 0.4) is 0 Å². The van der Waals surface area contributed by atoms with E-state index in [1.54, 1.807) is 13.0 Å². The molecule has 0 aliphatic heterocycles. The molecule has 0 saturated carbocycles. The molecule has 154 valence electrons. The van der Waals surface area contributed by atoms with E-state index in [1.807, 2.05) is 42.5 Å². The van der Waals surface area contributed by atoms with E-state index in [-0.39, 0.29) is 17.0 Å². The maximum Gasteiger partial charge on any atom is 0.271 e. The van der Waals surface area contributed by atoms with E-state index >= 15 is 0 Å². The van der Waals surface area contributed by atoms with Gasteiger partial charge in [0.25, 0.3) is 11.6 Å². The molecule has 6 heteroatoms. The van der Waals surface area contributed by atoms with Gasteiger partial charge in [-0.05, 0) is 36.2 Å². The summed E-state index contributed by atoms with van der Waals surface area (Å²) in [6.07, 6.45) is -0.766. The lowest BCUT2D eigenvalue weighted by molar-refractivity contribution is -0.384. The first-order valence-electron chi connectivity index (χ1n) is 9.65. The standard InChI is InChI=1S/C24H24N2O4/c1-17(23(27)25-20-10-7-11-21(16-20)26(28)29)30-22-14-12-19(13-15-22)24(2,3)18-8-5-4-6-9-18/h4-17H,1-3H3,(H,25,27). The Balaban J connectivity index is 1.65. The van der Waals surface area contributed by atoms with Crippen molar-refractivity contribution in [3.63, 3.8) is 0 Å². The fraction of sp³-hybridized carbons (Fsp3) is 0.208. The average Bonchev–Trinajstić information content (AvgIpc) is 2.75. The summed E-state index contributed by atoms with van der Waals surface area (Å²) in [5, 5.41) is 13.5. The van der Waals surface area contributed by atoms with Crippen LogP contribution in [0.15, 0.2) is 78.9 Å². The maximum absolute atomic E-state index is 12.4. The molecule has 0 radical (unpaired) electrons. The zero-order chi connectivity index (χ0) is 21.7. The predicted molar refractivity (Wildman–Crippen MR) is 117 cm³/mol. The minimum Gasteiger partial charge on any atom is -0.481 e. The summed E-state index contributed by atoms with van der Waals surface area (Å²) in [4.78, 5) is 22.8. The molecule has 0 saturated heterocycles. The number of nitrogens with one attached hydrogen (secondary N) is 1. The van der Waals surface area contributed by atoms with Gasteiger partial charge in [0.2, 0.25) is 0 Å². The lowest BCUT2D eigenvalue weighted by Gasteiger charge is -2.26. The Kier molecular flexibility index (Phi) is 6.16. The molecule has 30 heavy (non-hydrogen) atoms. The van der Waals surface area contributed by atoms with Gasteiger partial charge in [-0.2, -0.15) is 0 Å². The van der Waals surface area contributed by atoms with Gasteiger partial charge in [-0.15, -0.1) is 0 Å². The highest BCUT2D eigenvalue weighted by molar-refractivity contribution is 5.94. The van der Waals surface area contributed by atoms with E-state index < -0.39 is 11.0 Å². The number of amides is 1. The highest BCUT2D eigenvalue weighted by Gasteiger charge is 2.23. The van der Waals surface area contributed by atoms with Crippen LogP contribution in [0.25, 0.3) is 0 Å². The van der Waals surface area contributed by atoms with Gasteiger partial charge >= 0.3 is 0 Å². The van der Waals surface area contributed by atoms with Crippen LogP contribution < -0.4 is 10.1 Å². The van der Waals surface area contributed by atoms with Gasteiger partial charge < -0.3 is 10.1 Å². The molecule has 1 unspecified atom stereocenters. The maximum atomic E-state index is 12.4. The third kappa shape index (κ3) is 4.84. The van der Waals surface area contributed by atoms with Crippen LogP contribution in [0.5, 0.6) is 5.75 Å². The molecule has 0 fully saturated rings. The number of rotatable bonds is 7. The lowest BCUT2D eigenvalue weighted by atomic mass is 9.78. The van der Waals surface area contributed by atoms with Crippen molar-refractivity contribution in [1.82, 2.24) is 0 Å². The van der Waals surface area contributed by atoms with Crippen molar-refractivity contribution in [2.24, 2.45) is 0 Å². The van der Waals surface area contributed by atoms with Crippen molar-refractivity contribution >= 4 is 17.3 Å². The van der Waals surface area contributed by atoms with Crippen molar-refractivity contribution in [2.75, 3.05) is 5.32 Å². The van der Waals surface area contributed by atoms with Crippen LogP contribution in [0, 0.1) is 10.1 Å². The number of anilines is 1. The first kappa shape index (κ1) is 21.0. The third-order valence-electron chi connectivity index (χ3n) is 5.08. The molecular weight excluding hydrogens is 380 g/mol. The first-order chi connectivity index (χ1) is 14.3. The van der Waals surface area contributed by atoms with Gasteiger partial charge in [0.05, 0.1) is 4.92 Å². The normalized spacial score (nSPS) is 12.1. The number of nitro benzene ring substituents is 1. The number of carbonyl (C=O) groups excluding carboxylic acids is 1. The van der Waals surface area contributed by atoms with E-state index in [4.69, 9.17) is 4.74 Å². The minimum atomic E-state index is -0.766. The highest BCUT2D eigenvalue weighted by Crippen LogP contribution is 2.32. The molecule has 3 aromatic carbocycles. The number of hydrogen-bond acceptors (Lipinski definition) is 4. The molecule has 0 spiro atoms. The summed E-state index contributed by atoms with van der Waals surface area (Å²) in [7, 11) is 0. The monoisotopic (exact) mass is 404 g/mol. The number of ether oxygens (including phenoxy) is 1. The molecule has 0 aliphatic carbocycles. The van der Waals surface area contributed by atoms with Crippen LogP contribution in [0.4, 0.5) is 11.4 Å². The van der Waals surface area contributed by atoms with Crippen molar-refractivity contribution in [3.8, 4) is 5.75 Å². The summed E-state index contributed by atoms with van der Waals surface area (Å²) in [5.74, 6) is 0.188. The summed E-state index contributed by atoms with van der Waals surface area (Å²) in [5.41, 5.74) is 2.45. The van der Waals surface area contributed by atoms with Crippen molar-refractivity contribution in [1.29, 1.82) is 0 Å². The second-order valence-electron chi connectivity index (χ2n) is 7.57. The number of hydrogen-bond donors (Lipinski definition) is 1. The number of benzene rings is 3. The molecule has 6 nitrogen and oxygen atoms in total. The van der Waals surface area contributed by atoms with Crippen molar-refractivity contribution in [3.05, 3.63) is 100 Å². The van der Waals surface area contributed by atoms with Crippen LogP contribution in [-0.4, -0.2) is 16.9 Å². The third-order valence-corrected chi connectivity index (χ3v) is 5.08. The van der Waals surface area contributed by atoms with Gasteiger partial charge in [-0.3, -0.25) is 14.9 Å². The van der Waals surface area contributed by atoms with Crippen LogP contribution in [-0.2, 0) is 10.2 Å². The quantitative estimate of drug-likeness (QED) is 0.426. The largest absolute Gasteiger partial charge is 0.481 e. The van der Waals surface area contributed by atoms with Crippen LogP contribution >= 0.6 is 0 Å². The second-order valence-corrected chi connectivity index (χ2v) is 7.57. The molecule has 0 aromatic heterocycles. The number of carbonyl (C=O) groups is 1. The smallest absolute Gasteiger partial charge is 0.271 e. The first-order valence-corrected chi connectivity index (χ1v) is 9.65. The number of nitrogens with zero attached hydrogens (tertiary/aromatic N) is 1. The molecular formula is C24H24N2O4. The van der Waals surface area contributed by atoms with Gasteiger partial charge in [0.15, 0.2) is 6.10 Å². The van der Waals surface area contributed by atoms with E-state index in [0.717, 1.165) is 5.56 Å². The Morgan fingerprint density at radius 2 is 1.60 bits per heavy atom. The fourth-order valence-electron chi connectivity index (χ4n) is 3.17. The second kappa shape index (κ2) is 8.78. The Bertz CT molecular complexity index is 1030. The average molecular weight is 404 g/mol. The molecule has 0 aliphatic rings. The van der Waals surface area contributed by atoms with Crippen LogP contribution in [0.2, 0.25) is 0 Å². The zero-order valence-corrected chi connectivity index (χ0v) is 17.2. The molecule has 3 rings (SSSR count). The van der Waals surface area contributed by atoms with E-state index in [2.05, 4.69) is 31.3 Å². The summed E-state index contributed by atoms with van der Waals surface area (Å²) >= 11 is 0. The fourth-order valence-corrected chi connectivity index (χ4v) is 3.17. The molecule has 1 atom stereocenters. The Hall–Kier alpha value is -3.67. The lowest BCUT2D eigenvalue weighted by Crippen LogP contribution is -2.30. The zero-order valence-electron chi connectivity index (χ0n) is 17.2. The SMILES string of the molecule is CC(Oc1ccc(C(C)(C)c2ccccc2)cc1)C(=O)Nc1cccc([N+](=O)[O-])c1. The van der Waals surface area contributed by atoms with Crippen molar-refractivity contribution in [2.45, 2.75) is 32.3 Å². The molecule has 0 bridgehead atoms. The van der Waals surface area contributed by atoms with Gasteiger partial charge in [0.1, 0.15) is 5.75 Å².